The van der Waals surface area contributed by atoms with Crippen LogP contribution in [0.5, 0.6) is 0 Å². The quantitative estimate of drug-likeness (QED) is 0.806. The van der Waals surface area contributed by atoms with E-state index < -0.39 is 0 Å². The first-order valence-corrected chi connectivity index (χ1v) is 7.79. The van der Waals surface area contributed by atoms with E-state index in [-0.39, 0.29) is 5.60 Å². The molecule has 0 atom stereocenters. The van der Waals surface area contributed by atoms with Crippen molar-refractivity contribution in [1.82, 2.24) is 5.32 Å². The van der Waals surface area contributed by atoms with Gasteiger partial charge in [0.05, 0.1) is 5.60 Å². The predicted molar refractivity (Wildman–Crippen MR) is 87.3 cm³/mol. The molecule has 1 N–H and O–H groups in total. The van der Waals surface area contributed by atoms with Crippen LogP contribution >= 0.6 is 0 Å². The SMILES string of the molecule is CCC(C)(C)OCc1oc2ccccc2c1CNC(C)C. The zero-order valence-electron chi connectivity index (χ0n) is 13.8. The molecule has 2 aromatic rings. The van der Waals surface area contributed by atoms with Crippen LogP contribution in [-0.4, -0.2) is 11.6 Å². The molecule has 3 nitrogen and oxygen atoms in total. The largest absolute Gasteiger partial charge is 0.458 e. The number of hydrogen-bond acceptors (Lipinski definition) is 3. The maximum absolute atomic E-state index is 6.02. The molecule has 0 unspecified atom stereocenters. The van der Waals surface area contributed by atoms with E-state index in [1.807, 2.05) is 12.1 Å². The van der Waals surface area contributed by atoms with Crippen molar-refractivity contribution in [3.8, 4) is 0 Å². The fourth-order valence-electron chi connectivity index (χ4n) is 2.13. The molecule has 0 bridgehead atoms. The van der Waals surface area contributed by atoms with Crippen molar-refractivity contribution in [3.63, 3.8) is 0 Å². The Hall–Kier alpha value is -1.32. The molecular weight excluding hydrogens is 262 g/mol. The van der Waals surface area contributed by atoms with Gasteiger partial charge in [0.2, 0.25) is 0 Å². The van der Waals surface area contributed by atoms with E-state index in [0.29, 0.717) is 12.6 Å². The Kier molecular flexibility index (Phi) is 5.07. The first-order valence-electron chi connectivity index (χ1n) is 7.79. The van der Waals surface area contributed by atoms with Crippen LogP contribution in [0.2, 0.25) is 0 Å². The number of fused-ring (bicyclic) bond motifs is 1. The second-order valence-corrected chi connectivity index (χ2v) is 6.44. The summed E-state index contributed by atoms with van der Waals surface area (Å²) in [6.45, 7) is 12.0. The van der Waals surface area contributed by atoms with Gasteiger partial charge < -0.3 is 14.5 Å². The van der Waals surface area contributed by atoms with Crippen LogP contribution in [0.3, 0.4) is 0 Å². The molecule has 2 rings (SSSR count). The van der Waals surface area contributed by atoms with Crippen LogP contribution in [0.15, 0.2) is 28.7 Å². The smallest absolute Gasteiger partial charge is 0.135 e. The second kappa shape index (κ2) is 6.63. The summed E-state index contributed by atoms with van der Waals surface area (Å²) in [5.74, 6) is 0.936. The maximum Gasteiger partial charge on any atom is 0.135 e. The molecule has 1 heterocycles. The van der Waals surface area contributed by atoms with Crippen molar-refractivity contribution >= 4 is 11.0 Å². The van der Waals surface area contributed by atoms with Crippen LogP contribution in [-0.2, 0) is 17.9 Å². The molecule has 0 amide bonds. The van der Waals surface area contributed by atoms with Crippen molar-refractivity contribution in [1.29, 1.82) is 0 Å². The van der Waals surface area contributed by atoms with Crippen molar-refractivity contribution in [3.05, 3.63) is 35.6 Å². The number of para-hydroxylation sites is 1. The molecular formula is C18H27NO2. The molecule has 3 heteroatoms. The molecule has 0 aliphatic rings. The third-order valence-corrected chi connectivity index (χ3v) is 3.91. The second-order valence-electron chi connectivity index (χ2n) is 6.44. The molecule has 0 aliphatic carbocycles. The fraction of sp³-hybridized carbons (Fsp3) is 0.556. The Morgan fingerprint density at radius 2 is 1.95 bits per heavy atom. The van der Waals surface area contributed by atoms with Crippen LogP contribution < -0.4 is 5.32 Å². The number of furan rings is 1. The first kappa shape index (κ1) is 16.1. The molecule has 1 aromatic carbocycles. The van der Waals surface area contributed by atoms with E-state index in [1.54, 1.807) is 0 Å². The van der Waals surface area contributed by atoms with E-state index in [0.717, 1.165) is 24.3 Å². The van der Waals surface area contributed by atoms with E-state index in [2.05, 4.69) is 52.1 Å². The van der Waals surface area contributed by atoms with Gasteiger partial charge in [0.25, 0.3) is 0 Å². The van der Waals surface area contributed by atoms with Gasteiger partial charge in [-0.25, -0.2) is 0 Å². The van der Waals surface area contributed by atoms with Gasteiger partial charge in [0, 0.05) is 23.5 Å². The van der Waals surface area contributed by atoms with Gasteiger partial charge in [-0.1, -0.05) is 39.0 Å². The van der Waals surface area contributed by atoms with Gasteiger partial charge in [0.1, 0.15) is 18.0 Å². The predicted octanol–water partition coefficient (Wildman–Crippen LogP) is 4.64. The number of hydrogen-bond donors (Lipinski definition) is 1. The van der Waals surface area contributed by atoms with Gasteiger partial charge in [-0.3, -0.25) is 0 Å². The minimum absolute atomic E-state index is 0.123. The molecule has 116 valence electrons. The third-order valence-electron chi connectivity index (χ3n) is 3.91. The van der Waals surface area contributed by atoms with Crippen molar-refractivity contribution in [2.75, 3.05) is 0 Å². The van der Waals surface area contributed by atoms with E-state index >= 15 is 0 Å². The van der Waals surface area contributed by atoms with Crippen molar-refractivity contribution < 1.29 is 9.15 Å². The summed E-state index contributed by atoms with van der Waals surface area (Å²) in [4.78, 5) is 0. The summed E-state index contributed by atoms with van der Waals surface area (Å²) in [7, 11) is 0. The standard InChI is InChI=1S/C18H27NO2/c1-6-18(4,5)20-12-17-15(11-19-13(2)3)14-9-7-8-10-16(14)21-17/h7-10,13,19H,6,11-12H2,1-5H3. The van der Waals surface area contributed by atoms with Crippen molar-refractivity contribution in [2.24, 2.45) is 0 Å². The monoisotopic (exact) mass is 289 g/mol. The Bertz CT molecular complexity index is 584. The zero-order chi connectivity index (χ0) is 15.5. The van der Waals surface area contributed by atoms with Crippen LogP contribution in [0.1, 0.15) is 52.4 Å². The summed E-state index contributed by atoms with van der Waals surface area (Å²) in [5.41, 5.74) is 2.03. The Balaban J connectivity index is 2.26. The highest BCUT2D eigenvalue weighted by Crippen LogP contribution is 2.28. The normalized spacial score (nSPS) is 12.5. The highest BCUT2D eigenvalue weighted by Gasteiger charge is 2.19. The maximum atomic E-state index is 6.02. The summed E-state index contributed by atoms with van der Waals surface area (Å²) in [6, 6.07) is 8.64. The molecule has 0 saturated heterocycles. The lowest BCUT2D eigenvalue weighted by Gasteiger charge is -2.23. The topological polar surface area (TPSA) is 34.4 Å². The fourth-order valence-corrected chi connectivity index (χ4v) is 2.13. The zero-order valence-corrected chi connectivity index (χ0v) is 13.8. The van der Waals surface area contributed by atoms with E-state index in [4.69, 9.17) is 9.15 Å². The summed E-state index contributed by atoms with van der Waals surface area (Å²) >= 11 is 0. The molecule has 21 heavy (non-hydrogen) atoms. The highest BCUT2D eigenvalue weighted by molar-refractivity contribution is 5.82. The number of ether oxygens (including phenoxy) is 1. The third kappa shape index (κ3) is 4.08. The average molecular weight is 289 g/mol. The van der Waals surface area contributed by atoms with Crippen LogP contribution in [0, 0.1) is 0 Å². The van der Waals surface area contributed by atoms with Gasteiger partial charge in [-0.2, -0.15) is 0 Å². The molecule has 0 spiro atoms. The highest BCUT2D eigenvalue weighted by atomic mass is 16.5. The van der Waals surface area contributed by atoms with E-state index in [9.17, 15) is 0 Å². The number of nitrogens with one attached hydrogen (secondary N) is 1. The molecule has 0 fully saturated rings. The Labute approximate surface area is 127 Å². The summed E-state index contributed by atoms with van der Waals surface area (Å²) in [6.07, 6.45) is 0.979. The number of benzene rings is 1. The molecule has 0 aliphatic heterocycles. The molecule has 0 radical (unpaired) electrons. The van der Waals surface area contributed by atoms with E-state index in [1.165, 1.54) is 10.9 Å². The first-order chi connectivity index (χ1) is 9.93. The van der Waals surface area contributed by atoms with Crippen LogP contribution in [0.4, 0.5) is 0 Å². The number of rotatable bonds is 7. The van der Waals surface area contributed by atoms with Gasteiger partial charge in [-0.05, 0) is 26.3 Å². The van der Waals surface area contributed by atoms with Gasteiger partial charge in [0.15, 0.2) is 0 Å². The summed E-state index contributed by atoms with van der Waals surface area (Å²) in [5, 5.41) is 4.66. The average Bonchev–Trinajstić information content (AvgIpc) is 2.81. The summed E-state index contributed by atoms with van der Waals surface area (Å²) < 4.78 is 12.0. The van der Waals surface area contributed by atoms with Gasteiger partial charge >= 0.3 is 0 Å². The van der Waals surface area contributed by atoms with Crippen LogP contribution in [0.25, 0.3) is 11.0 Å². The lowest BCUT2D eigenvalue weighted by Crippen LogP contribution is -2.24. The van der Waals surface area contributed by atoms with Gasteiger partial charge in [-0.15, -0.1) is 0 Å². The molecule has 0 saturated carbocycles. The molecule has 1 aromatic heterocycles. The Morgan fingerprint density at radius 1 is 1.24 bits per heavy atom. The van der Waals surface area contributed by atoms with Crippen molar-refractivity contribution in [2.45, 2.75) is 65.8 Å². The Morgan fingerprint density at radius 3 is 2.62 bits per heavy atom. The lowest BCUT2D eigenvalue weighted by atomic mass is 10.1. The minimum Gasteiger partial charge on any atom is -0.458 e. The lowest BCUT2D eigenvalue weighted by molar-refractivity contribution is -0.0383. The minimum atomic E-state index is -0.123.